The Balaban J connectivity index is 2.73. The van der Waals surface area contributed by atoms with Crippen LogP contribution in [0.2, 0.25) is 0 Å². The fourth-order valence-corrected chi connectivity index (χ4v) is 1.30. The van der Waals surface area contributed by atoms with E-state index >= 15 is 0 Å². The molecule has 0 aliphatic carbocycles. The van der Waals surface area contributed by atoms with Gasteiger partial charge >= 0.3 is 6.03 Å². The summed E-state index contributed by atoms with van der Waals surface area (Å²) in [6, 6.07) is 3.58. The molecule has 0 spiro atoms. The van der Waals surface area contributed by atoms with Crippen molar-refractivity contribution in [3.05, 3.63) is 23.8 Å². The molecule has 0 aliphatic heterocycles. The summed E-state index contributed by atoms with van der Waals surface area (Å²) < 4.78 is 10.5. The van der Waals surface area contributed by atoms with Gasteiger partial charge in [0.2, 0.25) is 0 Å². The monoisotopic (exact) mass is 266 g/mol. The van der Waals surface area contributed by atoms with Crippen molar-refractivity contribution in [3.8, 4) is 11.5 Å². The van der Waals surface area contributed by atoms with Gasteiger partial charge in [0.15, 0.2) is 18.1 Å². The molecule has 1 aromatic rings. The Hall–Kier alpha value is -2.57. The highest BCUT2D eigenvalue weighted by Gasteiger charge is 2.10. The molecule has 19 heavy (non-hydrogen) atoms. The second-order valence-corrected chi connectivity index (χ2v) is 3.46. The van der Waals surface area contributed by atoms with Crippen molar-refractivity contribution >= 4 is 18.2 Å². The molecule has 1 rings (SSSR count). The van der Waals surface area contributed by atoms with E-state index < -0.39 is 11.9 Å². The molecule has 0 atom stereocenters. The van der Waals surface area contributed by atoms with Gasteiger partial charge in [-0.2, -0.15) is 0 Å². The number of hydrogen-bond acceptors (Lipinski definition) is 5. The predicted octanol–water partition coefficient (Wildman–Crippen LogP) is 0.471. The molecular formula is C12H14N2O5. The van der Waals surface area contributed by atoms with Crippen molar-refractivity contribution in [1.29, 1.82) is 0 Å². The van der Waals surface area contributed by atoms with Crippen LogP contribution in [0.15, 0.2) is 18.2 Å². The third-order valence-corrected chi connectivity index (χ3v) is 2.03. The van der Waals surface area contributed by atoms with Crippen molar-refractivity contribution in [3.63, 3.8) is 0 Å². The Morgan fingerprint density at radius 1 is 1.32 bits per heavy atom. The first-order valence-electron chi connectivity index (χ1n) is 5.51. The van der Waals surface area contributed by atoms with Gasteiger partial charge in [0.1, 0.15) is 6.29 Å². The number of ether oxygens (including phenoxy) is 2. The van der Waals surface area contributed by atoms with Gasteiger partial charge in [-0.15, -0.1) is 0 Å². The molecule has 7 nitrogen and oxygen atoms in total. The fraction of sp³-hybridized carbons (Fsp3) is 0.250. The van der Waals surface area contributed by atoms with Crippen LogP contribution in [0.3, 0.4) is 0 Å². The van der Waals surface area contributed by atoms with Crippen LogP contribution in [0.1, 0.15) is 17.3 Å². The minimum absolute atomic E-state index is 0.298. The van der Waals surface area contributed by atoms with E-state index in [1.165, 1.54) is 18.2 Å². The number of aldehydes is 1. The van der Waals surface area contributed by atoms with Crippen molar-refractivity contribution in [2.75, 3.05) is 13.2 Å². The molecule has 0 saturated heterocycles. The smallest absolute Gasteiger partial charge is 0.318 e. The lowest BCUT2D eigenvalue weighted by Gasteiger charge is -2.11. The SMILES string of the molecule is CCOc1cc(C=O)ccc1OCC(=O)NC(N)=O. The molecule has 0 saturated carbocycles. The fourth-order valence-electron chi connectivity index (χ4n) is 1.30. The standard InChI is InChI=1S/C12H14N2O5/c1-2-18-10-5-8(6-15)3-4-9(10)19-7-11(16)14-12(13)17/h3-6H,2,7H2,1H3,(H3,13,14,16,17). The lowest BCUT2D eigenvalue weighted by Crippen LogP contribution is -2.38. The highest BCUT2D eigenvalue weighted by molar-refractivity contribution is 5.94. The summed E-state index contributed by atoms with van der Waals surface area (Å²) in [5, 5.41) is 1.86. The zero-order valence-corrected chi connectivity index (χ0v) is 10.3. The van der Waals surface area contributed by atoms with Gasteiger partial charge in [0.05, 0.1) is 6.61 Å². The number of imide groups is 1. The van der Waals surface area contributed by atoms with Crippen molar-refractivity contribution in [2.45, 2.75) is 6.92 Å². The summed E-state index contributed by atoms with van der Waals surface area (Å²) in [5.41, 5.74) is 5.22. The van der Waals surface area contributed by atoms with Crippen LogP contribution in [0.4, 0.5) is 4.79 Å². The molecule has 7 heteroatoms. The van der Waals surface area contributed by atoms with Crippen molar-refractivity contribution in [1.82, 2.24) is 5.32 Å². The number of carbonyl (C=O) groups excluding carboxylic acids is 3. The predicted molar refractivity (Wildman–Crippen MR) is 66.2 cm³/mol. The van der Waals surface area contributed by atoms with E-state index in [4.69, 9.17) is 15.2 Å². The molecule has 0 heterocycles. The Bertz CT molecular complexity index is 487. The van der Waals surface area contributed by atoms with E-state index in [-0.39, 0.29) is 6.61 Å². The summed E-state index contributed by atoms with van der Waals surface area (Å²) >= 11 is 0. The van der Waals surface area contributed by atoms with Crippen molar-refractivity contribution < 1.29 is 23.9 Å². The van der Waals surface area contributed by atoms with Crippen LogP contribution in [-0.4, -0.2) is 31.4 Å². The lowest BCUT2D eigenvalue weighted by molar-refractivity contribution is -0.121. The molecule has 0 fully saturated rings. The van der Waals surface area contributed by atoms with E-state index in [9.17, 15) is 14.4 Å². The van der Waals surface area contributed by atoms with Crippen LogP contribution >= 0.6 is 0 Å². The van der Waals surface area contributed by atoms with E-state index in [0.717, 1.165) is 0 Å². The van der Waals surface area contributed by atoms with E-state index in [1.807, 2.05) is 5.32 Å². The maximum atomic E-state index is 11.2. The lowest BCUT2D eigenvalue weighted by atomic mass is 10.2. The third-order valence-electron chi connectivity index (χ3n) is 2.03. The molecule has 102 valence electrons. The van der Waals surface area contributed by atoms with Gasteiger partial charge in [-0.05, 0) is 25.1 Å². The molecule has 0 bridgehead atoms. The van der Waals surface area contributed by atoms with Gasteiger partial charge in [-0.3, -0.25) is 14.9 Å². The number of amides is 3. The first kappa shape index (κ1) is 14.5. The van der Waals surface area contributed by atoms with Gasteiger partial charge in [-0.25, -0.2) is 4.79 Å². The summed E-state index contributed by atoms with van der Waals surface area (Å²) in [5.74, 6) is -0.0274. The van der Waals surface area contributed by atoms with Crippen LogP contribution in [0, 0.1) is 0 Å². The summed E-state index contributed by atoms with van der Waals surface area (Å²) in [4.78, 5) is 32.3. The Labute approximate surface area is 109 Å². The second-order valence-electron chi connectivity index (χ2n) is 3.46. The number of carbonyl (C=O) groups is 3. The summed E-state index contributed by atoms with van der Waals surface area (Å²) in [6.07, 6.45) is 0.673. The number of rotatable bonds is 6. The minimum atomic E-state index is -0.949. The molecule has 0 aliphatic rings. The molecule has 3 amide bonds. The first-order valence-corrected chi connectivity index (χ1v) is 5.51. The van der Waals surface area contributed by atoms with Gasteiger partial charge < -0.3 is 15.2 Å². The molecular weight excluding hydrogens is 252 g/mol. The van der Waals surface area contributed by atoms with Crippen LogP contribution in [0.25, 0.3) is 0 Å². The van der Waals surface area contributed by atoms with Crippen LogP contribution in [0.5, 0.6) is 11.5 Å². The quantitative estimate of drug-likeness (QED) is 0.728. The highest BCUT2D eigenvalue weighted by atomic mass is 16.5. The van der Waals surface area contributed by atoms with E-state index in [0.29, 0.717) is 30.0 Å². The van der Waals surface area contributed by atoms with Crippen LogP contribution < -0.4 is 20.5 Å². The number of hydrogen-bond donors (Lipinski definition) is 2. The maximum Gasteiger partial charge on any atom is 0.318 e. The molecule has 1 aromatic carbocycles. The zero-order chi connectivity index (χ0) is 14.3. The van der Waals surface area contributed by atoms with Gasteiger partial charge in [0, 0.05) is 5.56 Å². The maximum absolute atomic E-state index is 11.2. The number of benzene rings is 1. The normalized spacial score (nSPS) is 9.53. The first-order chi connectivity index (χ1) is 9.06. The molecule has 0 unspecified atom stereocenters. The molecule has 3 N–H and O–H groups in total. The largest absolute Gasteiger partial charge is 0.490 e. The minimum Gasteiger partial charge on any atom is -0.490 e. The zero-order valence-electron chi connectivity index (χ0n) is 10.3. The Kier molecular flexibility index (Phi) is 5.34. The Morgan fingerprint density at radius 2 is 2.05 bits per heavy atom. The van der Waals surface area contributed by atoms with E-state index in [2.05, 4.69) is 0 Å². The second kappa shape index (κ2) is 7.00. The van der Waals surface area contributed by atoms with Gasteiger partial charge in [-0.1, -0.05) is 0 Å². The number of nitrogens with one attached hydrogen (secondary N) is 1. The number of nitrogens with two attached hydrogens (primary N) is 1. The van der Waals surface area contributed by atoms with Gasteiger partial charge in [0.25, 0.3) is 5.91 Å². The number of urea groups is 1. The topological polar surface area (TPSA) is 108 Å². The average molecular weight is 266 g/mol. The molecule has 0 radical (unpaired) electrons. The number of primary amides is 1. The Morgan fingerprint density at radius 3 is 2.63 bits per heavy atom. The average Bonchev–Trinajstić information content (AvgIpc) is 2.36. The third kappa shape index (κ3) is 4.66. The summed E-state index contributed by atoms with van der Waals surface area (Å²) in [7, 11) is 0. The van der Waals surface area contributed by atoms with E-state index in [1.54, 1.807) is 6.92 Å². The highest BCUT2D eigenvalue weighted by Crippen LogP contribution is 2.27. The van der Waals surface area contributed by atoms with Crippen molar-refractivity contribution in [2.24, 2.45) is 5.73 Å². The molecule has 0 aromatic heterocycles. The summed E-state index contributed by atoms with van der Waals surface area (Å²) in [6.45, 7) is 1.77. The van der Waals surface area contributed by atoms with Crippen LogP contribution in [-0.2, 0) is 4.79 Å².